The Labute approximate surface area is 149 Å². The molecule has 3 N–H and O–H groups in total. The zero-order chi connectivity index (χ0) is 18.7. The lowest BCUT2D eigenvalue weighted by molar-refractivity contribution is -0.128. The second-order valence-electron chi connectivity index (χ2n) is 5.95. The van der Waals surface area contributed by atoms with Crippen LogP contribution in [0.4, 0.5) is 0 Å². The first-order valence-electron chi connectivity index (χ1n) is 8.05. The summed E-state index contributed by atoms with van der Waals surface area (Å²) in [6.45, 7) is -0.563. The predicted octanol–water partition coefficient (Wildman–Crippen LogP) is 0.821. The fourth-order valence-electron chi connectivity index (χ4n) is 2.74. The number of fused-ring (bicyclic) bond motifs is 2. The third kappa shape index (κ3) is 3.60. The topological polar surface area (TPSA) is 113 Å². The van der Waals surface area contributed by atoms with Crippen LogP contribution in [-0.4, -0.2) is 52.5 Å². The van der Waals surface area contributed by atoms with Crippen molar-refractivity contribution in [2.24, 2.45) is 0 Å². The molecule has 2 aromatic carbocycles. The summed E-state index contributed by atoms with van der Waals surface area (Å²) in [6.07, 6.45) is -4.49. The summed E-state index contributed by atoms with van der Waals surface area (Å²) < 4.78 is 10.8. The molecule has 26 heavy (non-hydrogen) atoms. The van der Waals surface area contributed by atoms with E-state index in [-0.39, 0.29) is 11.8 Å². The molecule has 3 atom stereocenters. The molecule has 2 aromatic rings. The highest BCUT2D eigenvalue weighted by Crippen LogP contribution is 2.37. The molecule has 0 aliphatic carbocycles. The Morgan fingerprint density at radius 2 is 1.85 bits per heavy atom. The molecule has 0 spiro atoms. The van der Waals surface area contributed by atoms with Gasteiger partial charge in [-0.25, -0.2) is 4.79 Å². The highest BCUT2D eigenvalue weighted by atomic mass is 16.5. The first-order valence-corrected chi connectivity index (χ1v) is 8.05. The summed E-state index contributed by atoms with van der Waals surface area (Å²) >= 11 is 0. The van der Waals surface area contributed by atoms with E-state index < -0.39 is 30.9 Å². The lowest BCUT2D eigenvalue weighted by Gasteiger charge is -2.22. The number of benzene rings is 2. The van der Waals surface area contributed by atoms with E-state index in [9.17, 15) is 24.9 Å². The minimum atomic E-state index is -1.75. The van der Waals surface area contributed by atoms with Crippen LogP contribution in [0.3, 0.4) is 0 Å². The highest BCUT2D eigenvalue weighted by Gasteiger charge is 2.27. The SMILES string of the molecule is O=C[C@H](O)[C@@H](O)[C@H](O)COC(=O)c1cccc2c1Cc1ccccc1O2. The molecule has 0 saturated heterocycles. The van der Waals surface area contributed by atoms with E-state index >= 15 is 0 Å². The molecule has 7 heteroatoms. The smallest absolute Gasteiger partial charge is 0.338 e. The molecule has 1 aliphatic heterocycles. The number of ether oxygens (including phenoxy) is 2. The van der Waals surface area contributed by atoms with Crippen molar-refractivity contribution in [2.45, 2.75) is 24.7 Å². The van der Waals surface area contributed by atoms with Gasteiger partial charge in [-0.1, -0.05) is 24.3 Å². The van der Waals surface area contributed by atoms with Crippen LogP contribution in [0.25, 0.3) is 0 Å². The van der Waals surface area contributed by atoms with E-state index in [1.54, 1.807) is 18.2 Å². The number of aldehydes is 1. The minimum absolute atomic E-state index is 0.0953. The second kappa shape index (κ2) is 7.65. The molecule has 0 aromatic heterocycles. The highest BCUT2D eigenvalue weighted by molar-refractivity contribution is 5.92. The van der Waals surface area contributed by atoms with Crippen LogP contribution in [0.15, 0.2) is 42.5 Å². The number of hydrogen-bond donors (Lipinski definition) is 3. The van der Waals surface area contributed by atoms with Crippen LogP contribution in [0, 0.1) is 0 Å². The van der Waals surface area contributed by atoms with Gasteiger partial charge in [0.1, 0.15) is 36.4 Å². The van der Waals surface area contributed by atoms with E-state index in [1.165, 1.54) is 0 Å². The van der Waals surface area contributed by atoms with Gasteiger partial charge in [0.05, 0.1) is 5.56 Å². The molecule has 0 saturated carbocycles. The van der Waals surface area contributed by atoms with Gasteiger partial charge in [0.2, 0.25) is 0 Å². The molecular weight excluding hydrogens is 340 g/mol. The number of esters is 1. The van der Waals surface area contributed by atoms with Crippen LogP contribution in [0.5, 0.6) is 11.5 Å². The molecular formula is C19H18O7. The van der Waals surface area contributed by atoms with Crippen molar-refractivity contribution in [1.29, 1.82) is 0 Å². The lowest BCUT2D eigenvalue weighted by Crippen LogP contribution is -2.41. The molecule has 1 heterocycles. The summed E-state index contributed by atoms with van der Waals surface area (Å²) in [5, 5.41) is 28.4. The maximum Gasteiger partial charge on any atom is 0.338 e. The summed E-state index contributed by atoms with van der Waals surface area (Å²) in [5.74, 6) is 0.582. The Hall–Kier alpha value is -2.74. The van der Waals surface area contributed by atoms with Crippen molar-refractivity contribution in [3.8, 4) is 11.5 Å². The van der Waals surface area contributed by atoms with Crippen molar-refractivity contribution in [3.05, 3.63) is 59.2 Å². The fraction of sp³-hybridized carbons (Fsp3) is 0.263. The van der Waals surface area contributed by atoms with Gasteiger partial charge in [0, 0.05) is 12.0 Å². The lowest BCUT2D eigenvalue weighted by atomic mass is 9.96. The number of para-hydroxylation sites is 1. The van der Waals surface area contributed by atoms with E-state index in [0.29, 0.717) is 17.7 Å². The summed E-state index contributed by atoms with van der Waals surface area (Å²) in [4.78, 5) is 22.8. The van der Waals surface area contributed by atoms with Gasteiger partial charge in [-0.3, -0.25) is 0 Å². The molecule has 7 nitrogen and oxygen atoms in total. The van der Waals surface area contributed by atoms with Crippen LogP contribution in [-0.2, 0) is 16.0 Å². The number of hydrogen-bond acceptors (Lipinski definition) is 7. The maximum atomic E-state index is 12.4. The van der Waals surface area contributed by atoms with Gasteiger partial charge in [0.15, 0.2) is 6.29 Å². The number of carbonyl (C=O) groups excluding carboxylic acids is 2. The molecule has 0 bridgehead atoms. The Kier molecular flexibility index (Phi) is 5.32. The van der Waals surface area contributed by atoms with E-state index in [1.807, 2.05) is 24.3 Å². The predicted molar refractivity (Wildman–Crippen MR) is 90.1 cm³/mol. The van der Waals surface area contributed by atoms with Crippen molar-refractivity contribution < 1.29 is 34.4 Å². The molecule has 3 rings (SSSR count). The molecule has 0 fully saturated rings. The van der Waals surface area contributed by atoms with E-state index in [0.717, 1.165) is 11.3 Å². The zero-order valence-corrected chi connectivity index (χ0v) is 13.7. The zero-order valence-electron chi connectivity index (χ0n) is 13.7. The van der Waals surface area contributed by atoms with E-state index in [4.69, 9.17) is 9.47 Å². The van der Waals surface area contributed by atoms with Gasteiger partial charge < -0.3 is 29.6 Å². The molecule has 136 valence electrons. The molecule has 1 aliphatic rings. The largest absolute Gasteiger partial charge is 0.459 e. The average molecular weight is 358 g/mol. The summed E-state index contributed by atoms with van der Waals surface area (Å²) in [5.41, 5.74) is 1.89. The first-order chi connectivity index (χ1) is 12.5. The van der Waals surface area contributed by atoms with Crippen molar-refractivity contribution in [1.82, 2.24) is 0 Å². The molecule has 0 amide bonds. The standard InChI is InChI=1S/C19H18O7/c20-9-14(21)18(23)15(22)10-25-19(24)12-5-3-7-17-13(12)8-11-4-1-2-6-16(11)26-17/h1-7,9,14-15,18,21-23H,8,10H2/t14-,15+,18+/m0/s1. The number of aliphatic hydroxyl groups is 3. The third-order valence-electron chi connectivity index (χ3n) is 4.18. The average Bonchev–Trinajstić information content (AvgIpc) is 2.68. The fourth-order valence-corrected chi connectivity index (χ4v) is 2.74. The van der Waals surface area contributed by atoms with Crippen LogP contribution >= 0.6 is 0 Å². The quantitative estimate of drug-likeness (QED) is 0.442. The Bertz CT molecular complexity index is 817. The van der Waals surface area contributed by atoms with Crippen LogP contribution in [0.2, 0.25) is 0 Å². The monoisotopic (exact) mass is 358 g/mol. The number of aliphatic hydroxyl groups excluding tert-OH is 3. The van der Waals surface area contributed by atoms with Gasteiger partial charge in [-0.15, -0.1) is 0 Å². The first kappa shape index (κ1) is 18.1. The van der Waals surface area contributed by atoms with Crippen molar-refractivity contribution in [3.63, 3.8) is 0 Å². The van der Waals surface area contributed by atoms with Crippen LogP contribution in [0.1, 0.15) is 21.5 Å². The third-order valence-corrected chi connectivity index (χ3v) is 4.18. The van der Waals surface area contributed by atoms with Gasteiger partial charge >= 0.3 is 5.97 Å². The van der Waals surface area contributed by atoms with Crippen molar-refractivity contribution in [2.75, 3.05) is 6.61 Å². The Morgan fingerprint density at radius 3 is 2.62 bits per heavy atom. The minimum Gasteiger partial charge on any atom is -0.459 e. The van der Waals surface area contributed by atoms with Gasteiger partial charge in [-0.05, 0) is 23.8 Å². The van der Waals surface area contributed by atoms with E-state index in [2.05, 4.69) is 0 Å². The normalized spacial score (nSPS) is 15.7. The van der Waals surface area contributed by atoms with Gasteiger partial charge in [0.25, 0.3) is 0 Å². The molecule has 0 unspecified atom stereocenters. The Balaban J connectivity index is 1.73. The second-order valence-corrected chi connectivity index (χ2v) is 5.95. The van der Waals surface area contributed by atoms with Crippen molar-refractivity contribution >= 4 is 12.3 Å². The number of rotatable bonds is 6. The maximum absolute atomic E-state index is 12.4. The van der Waals surface area contributed by atoms with Crippen LogP contribution < -0.4 is 4.74 Å². The number of carbonyl (C=O) groups is 2. The van der Waals surface area contributed by atoms with Gasteiger partial charge in [-0.2, -0.15) is 0 Å². The Morgan fingerprint density at radius 1 is 1.12 bits per heavy atom. The summed E-state index contributed by atoms with van der Waals surface area (Å²) in [6, 6.07) is 12.5. The molecule has 0 radical (unpaired) electrons. The summed E-state index contributed by atoms with van der Waals surface area (Å²) in [7, 11) is 0.